The van der Waals surface area contributed by atoms with E-state index in [1.54, 1.807) is 17.3 Å². The third-order valence-corrected chi connectivity index (χ3v) is 5.37. The molecule has 1 aliphatic rings. The number of hydrogen-bond acceptors (Lipinski definition) is 3. The van der Waals surface area contributed by atoms with Gasteiger partial charge in [0, 0.05) is 42.1 Å². The molecule has 5 heteroatoms. The summed E-state index contributed by atoms with van der Waals surface area (Å²) in [4.78, 5) is 35.2. The van der Waals surface area contributed by atoms with Crippen LogP contribution >= 0.6 is 0 Å². The molecule has 0 radical (unpaired) electrons. The first-order valence-electron chi connectivity index (χ1n) is 10.3. The molecule has 0 spiro atoms. The van der Waals surface area contributed by atoms with Crippen LogP contribution in [0.4, 0.5) is 0 Å². The van der Waals surface area contributed by atoms with Crippen molar-refractivity contribution in [3.63, 3.8) is 0 Å². The maximum atomic E-state index is 13.2. The van der Waals surface area contributed by atoms with Gasteiger partial charge in [0.2, 0.25) is 5.91 Å². The largest absolute Gasteiger partial charge is 0.356 e. The van der Waals surface area contributed by atoms with Crippen LogP contribution in [-0.2, 0) is 17.8 Å². The van der Waals surface area contributed by atoms with Gasteiger partial charge in [-0.25, -0.2) is 0 Å². The molecule has 3 heterocycles. The molecule has 2 aromatic heterocycles. The number of H-pyrrole nitrogens is 1. The van der Waals surface area contributed by atoms with Gasteiger partial charge in [0.05, 0.1) is 18.8 Å². The van der Waals surface area contributed by atoms with Crippen LogP contribution in [0.1, 0.15) is 54.4 Å². The van der Waals surface area contributed by atoms with Crippen molar-refractivity contribution in [1.82, 2.24) is 14.9 Å². The van der Waals surface area contributed by atoms with Crippen LogP contribution < -0.4 is 0 Å². The van der Waals surface area contributed by atoms with Crippen LogP contribution in [0.2, 0.25) is 0 Å². The van der Waals surface area contributed by atoms with Crippen molar-refractivity contribution in [2.24, 2.45) is 5.41 Å². The number of hydrogen-bond donors (Lipinski definition) is 1. The summed E-state index contributed by atoms with van der Waals surface area (Å²) in [5.41, 5.74) is 5.52. The van der Waals surface area contributed by atoms with Gasteiger partial charge in [-0.15, -0.1) is 0 Å². The first-order chi connectivity index (χ1) is 14.3. The molecule has 0 fully saturated rings. The molecule has 0 saturated heterocycles. The lowest BCUT2D eigenvalue weighted by Crippen LogP contribution is -2.40. The van der Waals surface area contributed by atoms with Gasteiger partial charge in [-0.3, -0.25) is 14.6 Å². The molecule has 0 bridgehead atoms. The van der Waals surface area contributed by atoms with Crippen molar-refractivity contribution in [2.45, 2.75) is 40.2 Å². The molecule has 154 valence electrons. The predicted molar refractivity (Wildman–Crippen MR) is 117 cm³/mol. The summed E-state index contributed by atoms with van der Waals surface area (Å²) >= 11 is 0. The monoisotopic (exact) mass is 401 g/mol. The van der Waals surface area contributed by atoms with Crippen LogP contribution in [0.3, 0.4) is 0 Å². The van der Waals surface area contributed by atoms with Gasteiger partial charge < -0.3 is 9.88 Å². The lowest BCUT2D eigenvalue weighted by Gasteiger charge is -2.29. The minimum atomic E-state index is -0.114. The van der Waals surface area contributed by atoms with Crippen LogP contribution in [0, 0.1) is 5.41 Å². The van der Waals surface area contributed by atoms with Crippen molar-refractivity contribution in [1.29, 1.82) is 0 Å². The zero-order valence-electron chi connectivity index (χ0n) is 17.7. The number of carbonyl (C=O) groups is 2. The molecule has 0 unspecified atom stereocenters. The van der Waals surface area contributed by atoms with Crippen LogP contribution in [0.5, 0.6) is 0 Å². The highest BCUT2D eigenvalue weighted by atomic mass is 16.2. The predicted octanol–water partition coefficient (Wildman–Crippen LogP) is 4.63. The number of benzene rings is 1. The van der Waals surface area contributed by atoms with E-state index >= 15 is 0 Å². The topological polar surface area (TPSA) is 66.1 Å². The molecular weight excluding hydrogens is 374 g/mol. The number of Topliss-reactive ketones (excluding diaryl/α,β-unsaturated/α-hetero) is 1. The number of nitrogens with zero attached hydrogens (tertiary/aromatic N) is 2. The van der Waals surface area contributed by atoms with Gasteiger partial charge in [0.25, 0.3) is 0 Å². The standard InChI is InChI=1S/C25H27N3O2/c1-25(2,3)14-22(30)28-15-20-23(21(29)16-28)19(13-17-7-5-4-6-8-17)24(27-20)18-9-11-26-12-10-18/h4-12,27H,13-16H2,1-3H3. The second kappa shape index (κ2) is 7.90. The first kappa shape index (κ1) is 20.1. The second-order valence-corrected chi connectivity index (χ2v) is 9.14. The molecule has 1 aromatic carbocycles. The lowest BCUT2D eigenvalue weighted by molar-refractivity contribution is -0.133. The van der Waals surface area contributed by atoms with E-state index in [1.165, 1.54) is 0 Å². The number of nitrogens with one attached hydrogen (secondary N) is 1. The summed E-state index contributed by atoms with van der Waals surface area (Å²) < 4.78 is 0. The number of pyridine rings is 1. The Bertz CT molecular complexity index is 1060. The fraction of sp³-hybridized carbons (Fsp3) is 0.320. The van der Waals surface area contributed by atoms with Gasteiger partial charge in [-0.2, -0.15) is 0 Å². The Morgan fingerprint density at radius 1 is 1.07 bits per heavy atom. The maximum absolute atomic E-state index is 13.2. The molecule has 1 aliphatic heterocycles. The van der Waals surface area contributed by atoms with Crippen molar-refractivity contribution in [3.8, 4) is 11.3 Å². The molecule has 4 rings (SSSR count). The van der Waals surface area contributed by atoms with Crippen LogP contribution in [0.15, 0.2) is 54.9 Å². The zero-order chi connectivity index (χ0) is 21.3. The summed E-state index contributed by atoms with van der Waals surface area (Å²) in [6, 6.07) is 14.0. The fourth-order valence-electron chi connectivity index (χ4n) is 4.03. The number of fused-ring (bicyclic) bond motifs is 1. The Labute approximate surface area is 177 Å². The van der Waals surface area contributed by atoms with Gasteiger partial charge in [-0.05, 0) is 28.7 Å². The number of carbonyl (C=O) groups excluding carboxylic acids is 2. The molecule has 3 aromatic rings. The summed E-state index contributed by atoms with van der Waals surface area (Å²) in [7, 11) is 0. The average molecular weight is 402 g/mol. The Hall–Kier alpha value is -3.21. The van der Waals surface area contributed by atoms with Gasteiger partial charge in [-0.1, -0.05) is 51.1 Å². The number of amides is 1. The minimum absolute atomic E-state index is 0.000923. The third kappa shape index (κ3) is 4.20. The molecule has 1 N–H and O–H groups in total. The molecule has 1 amide bonds. The molecule has 0 saturated carbocycles. The molecule has 30 heavy (non-hydrogen) atoms. The molecule has 0 atom stereocenters. The SMILES string of the molecule is CC(C)(C)CC(=O)N1CC(=O)c2c([nH]c(-c3ccncc3)c2Cc2ccccc2)C1. The van der Waals surface area contributed by atoms with E-state index in [4.69, 9.17) is 0 Å². The van der Waals surface area contributed by atoms with Crippen LogP contribution in [-0.4, -0.2) is 33.1 Å². The molecular formula is C25H27N3O2. The Balaban J connectivity index is 1.74. The van der Waals surface area contributed by atoms with Crippen molar-refractivity contribution >= 4 is 11.7 Å². The highest BCUT2D eigenvalue weighted by Gasteiger charge is 2.33. The lowest BCUT2D eigenvalue weighted by atomic mass is 9.90. The van der Waals surface area contributed by atoms with E-state index < -0.39 is 0 Å². The Morgan fingerprint density at radius 3 is 2.43 bits per heavy atom. The van der Waals surface area contributed by atoms with E-state index in [1.807, 2.05) is 51.1 Å². The number of aromatic amines is 1. The third-order valence-electron chi connectivity index (χ3n) is 5.37. The van der Waals surface area contributed by atoms with Gasteiger partial charge in [0.15, 0.2) is 5.78 Å². The quantitative estimate of drug-likeness (QED) is 0.693. The summed E-state index contributed by atoms with van der Waals surface area (Å²) in [6.45, 7) is 6.68. The number of ketones is 1. The second-order valence-electron chi connectivity index (χ2n) is 9.14. The normalized spacial score (nSPS) is 14.0. The van der Waals surface area contributed by atoms with Crippen molar-refractivity contribution < 1.29 is 9.59 Å². The first-order valence-corrected chi connectivity index (χ1v) is 10.3. The van der Waals surface area contributed by atoms with Crippen molar-refractivity contribution in [3.05, 3.63) is 77.2 Å². The van der Waals surface area contributed by atoms with E-state index in [9.17, 15) is 9.59 Å². The van der Waals surface area contributed by atoms with E-state index in [-0.39, 0.29) is 23.7 Å². The van der Waals surface area contributed by atoms with Gasteiger partial charge >= 0.3 is 0 Å². The molecule has 5 nitrogen and oxygen atoms in total. The van der Waals surface area contributed by atoms with Crippen molar-refractivity contribution in [2.75, 3.05) is 6.54 Å². The summed E-state index contributed by atoms with van der Waals surface area (Å²) in [6.07, 6.45) is 4.58. The fourth-order valence-corrected chi connectivity index (χ4v) is 4.03. The number of aromatic nitrogens is 2. The van der Waals surface area contributed by atoms with E-state index in [2.05, 4.69) is 22.1 Å². The smallest absolute Gasteiger partial charge is 0.223 e. The summed E-state index contributed by atoms with van der Waals surface area (Å²) in [5, 5.41) is 0. The summed E-state index contributed by atoms with van der Waals surface area (Å²) in [5.74, 6) is 0.0205. The molecule has 0 aliphatic carbocycles. The van der Waals surface area contributed by atoms with E-state index in [0.717, 1.165) is 33.6 Å². The Kier molecular flexibility index (Phi) is 5.29. The Morgan fingerprint density at radius 2 is 1.77 bits per heavy atom. The average Bonchev–Trinajstić information content (AvgIpc) is 3.07. The van der Waals surface area contributed by atoms with Crippen LogP contribution in [0.25, 0.3) is 11.3 Å². The van der Waals surface area contributed by atoms with E-state index in [0.29, 0.717) is 19.4 Å². The number of rotatable bonds is 4. The highest BCUT2D eigenvalue weighted by Crippen LogP contribution is 2.34. The van der Waals surface area contributed by atoms with Gasteiger partial charge in [0.1, 0.15) is 0 Å². The minimum Gasteiger partial charge on any atom is -0.356 e. The highest BCUT2D eigenvalue weighted by molar-refractivity contribution is 6.04. The zero-order valence-corrected chi connectivity index (χ0v) is 17.7. The maximum Gasteiger partial charge on any atom is 0.223 e.